The van der Waals surface area contributed by atoms with E-state index in [0.717, 1.165) is 18.9 Å². The first-order chi connectivity index (χ1) is 12.8. The molecular weight excluding hydrogens is 346 g/mol. The number of piperidine rings is 1. The van der Waals surface area contributed by atoms with Crippen molar-refractivity contribution in [3.8, 4) is 0 Å². The van der Waals surface area contributed by atoms with Crippen LogP contribution in [-0.4, -0.2) is 102 Å². The standard InChI is InChI=1S/C19H32N5O3/c1-6-27-8-7-24-15(12-23-10-13(2)9-14(3)11-23)20-17-16(24)18(25)22(5)19(26)21(17)4/h13-14,16H,6-12H2,1-5H3/q+1. The van der Waals surface area contributed by atoms with E-state index in [0.29, 0.717) is 44.0 Å². The smallest absolute Gasteiger partial charge is 0.333 e. The number of amides is 3. The first kappa shape index (κ1) is 19.9. The minimum absolute atomic E-state index is 0.219. The number of ether oxygens (including phenoxy) is 1. The van der Waals surface area contributed by atoms with Crippen molar-refractivity contribution in [2.24, 2.45) is 16.8 Å². The monoisotopic (exact) mass is 378 g/mol. The van der Waals surface area contributed by atoms with E-state index in [9.17, 15) is 9.59 Å². The Bertz CT molecular complexity index is 664. The van der Waals surface area contributed by atoms with Crippen LogP contribution in [0.2, 0.25) is 0 Å². The van der Waals surface area contributed by atoms with Crippen LogP contribution in [0.5, 0.6) is 0 Å². The predicted molar refractivity (Wildman–Crippen MR) is 103 cm³/mol. The van der Waals surface area contributed by atoms with E-state index in [1.807, 2.05) is 11.5 Å². The molecule has 27 heavy (non-hydrogen) atoms. The summed E-state index contributed by atoms with van der Waals surface area (Å²) in [4.78, 5) is 35.0. The molecule has 0 bridgehead atoms. The van der Waals surface area contributed by atoms with Crippen LogP contribution in [0.25, 0.3) is 0 Å². The van der Waals surface area contributed by atoms with Gasteiger partial charge >= 0.3 is 11.9 Å². The Morgan fingerprint density at radius 3 is 2.44 bits per heavy atom. The van der Waals surface area contributed by atoms with Crippen molar-refractivity contribution in [3.05, 3.63) is 0 Å². The molecule has 150 valence electrons. The minimum atomic E-state index is -0.534. The second-order valence-electron chi connectivity index (χ2n) is 8.06. The van der Waals surface area contributed by atoms with E-state index in [2.05, 4.69) is 18.7 Å². The molecule has 2 saturated heterocycles. The number of likely N-dealkylation sites (N-methyl/N-ethyl adjacent to an activating group) is 2. The van der Waals surface area contributed by atoms with Crippen LogP contribution in [0.15, 0.2) is 4.99 Å². The van der Waals surface area contributed by atoms with Crippen molar-refractivity contribution < 1.29 is 18.9 Å². The average molecular weight is 378 g/mol. The predicted octanol–water partition coefficient (Wildman–Crippen LogP) is 0.716. The van der Waals surface area contributed by atoms with Gasteiger partial charge in [-0.05, 0) is 30.2 Å². The maximum Gasteiger partial charge on any atom is 0.333 e. The van der Waals surface area contributed by atoms with Crippen molar-refractivity contribution in [1.82, 2.24) is 14.7 Å². The van der Waals surface area contributed by atoms with Crippen LogP contribution in [-0.2, 0) is 9.53 Å². The SMILES string of the molecule is CCOCC[N+]1=C(CN2CC(C)CC(C)C2)N=C2C1C(=O)N(C)C(=O)N2C. The number of aliphatic imine (C=N–C) groups is 1. The molecule has 3 aliphatic heterocycles. The summed E-state index contributed by atoms with van der Waals surface area (Å²) in [5.74, 6) is 2.48. The molecule has 0 saturated carbocycles. The zero-order chi connectivity index (χ0) is 19.7. The van der Waals surface area contributed by atoms with Crippen molar-refractivity contribution >= 4 is 23.6 Å². The molecule has 0 aromatic carbocycles. The maximum atomic E-state index is 12.8. The van der Waals surface area contributed by atoms with Gasteiger partial charge in [-0.25, -0.2) is 9.37 Å². The van der Waals surface area contributed by atoms with E-state index >= 15 is 0 Å². The van der Waals surface area contributed by atoms with Crippen LogP contribution in [0, 0.1) is 11.8 Å². The molecule has 0 aromatic heterocycles. The number of fused-ring (bicyclic) bond motifs is 1. The molecule has 3 heterocycles. The summed E-state index contributed by atoms with van der Waals surface area (Å²) in [7, 11) is 3.22. The Balaban J connectivity index is 1.87. The topological polar surface area (TPSA) is 68.5 Å². The second-order valence-corrected chi connectivity index (χ2v) is 8.06. The lowest BCUT2D eigenvalue weighted by molar-refractivity contribution is -0.539. The summed E-state index contributed by atoms with van der Waals surface area (Å²) in [6.45, 7) is 11.0. The first-order valence-corrected chi connectivity index (χ1v) is 9.89. The molecule has 8 nitrogen and oxygen atoms in total. The van der Waals surface area contributed by atoms with Crippen LogP contribution in [0.4, 0.5) is 4.79 Å². The van der Waals surface area contributed by atoms with Crippen LogP contribution < -0.4 is 0 Å². The third-order valence-electron chi connectivity index (χ3n) is 5.60. The lowest BCUT2D eigenvalue weighted by atomic mass is 9.92. The average Bonchev–Trinajstić information content (AvgIpc) is 2.96. The van der Waals surface area contributed by atoms with Gasteiger partial charge in [0.1, 0.15) is 13.1 Å². The van der Waals surface area contributed by atoms with Crippen LogP contribution in [0.3, 0.4) is 0 Å². The summed E-state index contributed by atoms with van der Waals surface area (Å²) in [6.07, 6.45) is 1.25. The van der Waals surface area contributed by atoms with Gasteiger partial charge in [-0.3, -0.25) is 19.5 Å². The number of urea groups is 1. The molecule has 3 amide bonds. The fraction of sp³-hybridized carbons (Fsp3) is 0.789. The van der Waals surface area contributed by atoms with Gasteiger partial charge in [0.15, 0.2) is 0 Å². The van der Waals surface area contributed by atoms with Crippen molar-refractivity contribution in [1.29, 1.82) is 0 Å². The zero-order valence-corrected chi connectivity index (χ0v) is 17.1. The molecule has 0 aliphatic carbocycles. The number of imide groups is 1. The summed E-state index contributed by atoms with van der Waals surface area (Å²) < 4.78 is 7.56. The molecule has 0 aromatic rings. The number of hydrogen-bond donors (Lipinski definition) is 0. The molecule has 2 fully saturated rings. The summed E-state index contributed by atoms with van der Waals surface area (Å²) in [6, 6.07) is -0.867. The number of carbonyl (C=O) groups is 2. The van der Waals surface area contributed by atoms with E-state index in [4.69, 9.17) is 9.73 Å². The highest BCUT2D eigenvalue weighted by atomic mass is 16.5. The van der Waals surface area contributed by atoms with Crippen molar-refractivity contribution in [2.75, 3.05) is 53.5 Å². The number of amidine groups is 2. The number of nitrogens with zero attached hydrogens (tertiary/aromatic N) is 5. The first-order valence-electron chi connectivity index (χ1n) is 9.89. The Hall–Kier alpha value is -1.80. The molecule has 3 unspecified atom stereocenters. The van der Waals surface area contributed by atoms with Gasteiger partial charge in [-0.15, -0.1) is 0 Å². The third-order valence-corrected chi connectivity index (χ3v) is 5.60. The van der Waals surface area contributed by atoms with Crippen molar-refractivity contribution in [3.63, 3.8) is 0 Å². The largest absolute Gasteiger partial charge is 0.378 e. The van der Waals surface area contributed by atoms with Gasteiger partial charge in [0.25, 0.3) is 17.8 Å². The fourth-order valence-electron chi connectivity index (χ4n) is 4.46. The summed E-state index contributed by atoms with van der Waals surface area (Å²) >= 11 is 0. The molecule has 3 atom stereocenters. The number of likely N-dealkylation sites (tertiary alicyclic amines) is 1. The Kier molecular flexibility index (Phi) is 5.95. The van der Waals surface area contributed by atoms with E-state index < -0.39 is 6.04 Å². The molecule has 0 radical (unpaired) electrons. The zero-order valence-electron chi connectivity index (χ0n) is 17.1. The van der Waals surface area contributed by atoms with Crippen LogP contribution in [0.1, 0.15) is 27.2 Å². The maximum absolute atomic E-state index is 12.8. The van der Waals surface area contributed by atoms with Gasteiger partial charge < -0.3 is 4.74 Å². The highest BCUT2D eigenvalue weighted by Crippen LogP contribution is 2.23. The van der Waals surface area contributed by atoms with E-state index in [-0.39, 0.29) is 11.9 Å². The quantitative estimate of drug-likeness (QED) is 0.504. The molecule has 8 heteroatoms. The minimum Gasteiger partial charge on any atom is -0.378 e. The lowest BCUT2D eigenvalue weighted by Crippen LogP contribution is -2.61. The molecule has 0 spiro atoms. The van der Waals surface area contributed by atoms with Gasteiger partial charge in [0.05, 0.1) is 6.61 Å². The molecule has 3 aliphatic rings. The molecular formula is C19H32N5O3+. The van der Waals surface area contributed by atoms with Gasteiger partial charge in [-0.2, -0.15) is 0 Å². The van der Waals surface area contributed by atoms with Gasteiger partial charge in [0, 0.05) is 33.8 Å². The lowest BCUT2D eigenvalue weighted by Gasteiger charge is -2.33. The highest BCUT2D eigenvalue weighted by Gasteiger charge is 2.53. The third kappa shape index (κ3) is 3.91. The highest BCUT2D eigenvalue weighted by molar-refractivity contribution is 6.23. The van der Waals surface area contributed by atoms with E-state index in [1.54, 1.807) is 7.05 Å². The normalized spacial score (nSPS) is 29.5. The number of hydrogen-bond acceptors (Lipinski definition) is 5. The summed E-state index contributed by atoms with van der Waals surface area (Å²) in [5, 5.41) is 0. The fourth-order valence-corrected chi connectivity index (χ4v) is 4.46. The van der Waals surface area contributed by atoms with E-state index in [1.165, 1.54) is 23.3 Å². The van der Waals surface area contributed by atoms with Gasteiger partial charge in [0.2, 0.25) is 0 Å². The second kappa shape index (κ2) is 8.06. The van der Waals surface area contributed by atoms with Crippen LogP contribution >= 0.6 is 0 Å². The molecule has 0 N–H and O–H groups in total. The van der Waals surface area contributed by atoms with Crippen molar-refractivity contribution in [2.45, 2.75) is 33.2 Å². The number of carbonyl (C=O) groups excluding carboxylic acids is 2. The summed E-state index contributed by atoms with van der Waals surface area (Å²) in [5.41, 5.74) is 0. The Labute approximate surface area is 161 Å². The van der Waals surface area contributed by atoms with Gasteiger partial charge in [-0.1, -0.05) is 13.8 Å². The number of rotatable bonds is 6. The Morgan fingerprint density at radius 2 is 1.81 bits per heavy atom. The Morgan fingerprint density at radius 1 is 1.15 bits per heavy atom. The molecule has 3 rings (SSSR count).